The SMILES string of the molecule is CCCn1ccnc1-c1cc(Cl)nc(CC)n1. The second-order valence-electron chi connectivity index (χ2n) is 3.79. The van der Waals surface area contributed by atoms with E-state index in [1.807, 2.05) is 13.1 Å². The summed E-state index contributed by atoms with van der Waals surface area (Å²) in [5.74, 6) is 1.60. The number of hydrogen-bond donors (Lipinski definition) is 0. The Bertz CT molecular complexity index is 507. The molecule has 5 heteroatoms. The van der Waals surface area contributed by atoms with Gasteiger partial charge in [0.15, 0.2) is 5.82 Å². The average molecular weight is 251 g/mol. The monoisotopic (exact) mass is 250 g/mol. The van der Waals surface area contributed by atoms with Gasteiger partial charge in [0.1, 0.15) is 16.7 Å². The van der Waals surface area contributed by atoms with Gasteiger partial charge in [-0.05, 0) is 6.42 Å². The summed E-state index contributed by atoms with van der Waals surface area (Å²) in [7, 11) is 0. The number of aromatic nitrogens is 4. The van der Waals surface area contributed by atoms with Crippen molar-refractivity contribution in [3.8, 4) is 11.5 Å². The van der Waals surface area contributed by atoms with Crippen molar-refractivity contribution in [2.45, 2.75) is 33.2 Å². The van der Waals surface area contributed by atoms with E-state index in [1.165, 1.54) is 0 Å². The van der Waals surface area contributed by atoms with Gasteiger partial charge in [0.05, 0.1) is 0 Å². The Morgan fingerprint density at radius 2 is 2.12 bits per heavy atom. The van der Waals surface area contributed by atoms with Crippen molar-refractivity contribution in [2.75, 3.05) is 0 Å². The normalized spacial score (nSPS) is 10.8. The van der Waals surface area contributed by atoms with Crippen LogP contribution in [-0.2, 0) is 13.0 Å². The zero-order valence-electron chi connectivity index (χ0n) is 10.0. The van der Waals surface area contributed by atoms with Crippen LogP contribution >= 0.6 is 11.6 Å². The minimum atomic E-state index is 0.470. The average Bonchev–Trinajstić information content (AvgIpc) is 2.77. The summed E-state index contributed by atoms with van der Waals surface area (Å²) >= 11 is 5.99. The Labute approximate surface area is 106 Å². The molecule has 0 saturated heterocycles. The van der Waals surface area contributed by atoms with Gasteiger partial charge in [0.2, 0.25) is 0 Å². The molecule has 0 bridgehead atoms. The maximum Gasteiger partial charge on any atom is 0.158 e. The van der Waals surface area contributed by atoms with Crippen LogP contribution in [0.1, 0.15) is 26.1 Å². The van der Waals surface area contributed by atoms with Crippen molar-refractivity contribution >= 4 is 11.6 Å². The maximum absolute atomic E-state index is 5.99. The predicted octanol–water partition coefficient (Wildman–Crippen LogP) is 2.97. The first kappa shape index (κ1) is 12.0. The van der Waals surface area contributed by atoms with Gasteiger partial charge in [-0.15, -0.1) is 0 Å². The lowest BCUT2D eigenvalue weighted by molar-refractivity contribution is 0.683. The Morgan fingerprint density at radius 3 is 2.82 bits per heavy atom. The fourth-order valence-corrected chi connectivity index (χ4v) is 1.90. The van der Waals surface area contributed by atoms with Crippen LogP contribution in [0.2, 0.25) is 5.15 Å². The highest BCUT2D eigenvalue weighted by Gasteiger charge is 2.09. The molecule has 4 nitrogen and oxygen atoms in total. The molecule has 0 unspecified atom stereocenters. The summed E-state index contributed by atoms with van der Waals surface area (Å²) in [5, 5.41) is 0.470. The smallest absolute Gasteiger partial charge is 0.158 e. The molecule has 2 rings (SSSR count). The number of aryl methyl sites for hydroxylation is 2. The van der Waals surface area contributed by atoms with E-state index in [-0.39, 0.29) is 0 Å². The molecule has 0 radical (unpaired) electrons. The molecule has 0 aliphatic rings. The van der Waals surface area contributed by atoms with Crippen molar-refractivity contribution in [1.29, 1.82) is 0 Å². The summed E-state index contributed by atoms with van der Waals surface area (Å²) in [6.07, 6.45) is 5.57. The van der Waals surface area contributed by atoms with E-state index in [1.54, 1.807) is 12.3 Å². The van der Waals surface area contributed by atoms with Crippen molar-refractivity contribution < 1.29 is 0 Å². The van der Waals surface area contributed by atoms with Crippen LogP contribution in [0, 0.1) is 0 Å². The van der Waals surface area contributed by atoms with E-state index >= 15 is 0 Å². The molecular formula is C12H15ClN4. The van der Waals surface area contributed by atoms with Crippen molar-refractivity contribution in [3.63, 3.8) is 0 Å². The summed E-state index contributed by atoms with van der Waals surface area (Å²) in [6.45, 7) is 5.07. The fraction of sp³-hybridized carbons (Fsp3) is 0.417. The molecule has 17 heavy (non-hydrogen) atoms. The lowest BCUT2D eigenvalue weighted by Crippen LogP contribution is -2.02. The molecule has 0 amide bonds. The third-order valence-electron chi connectivity index (χ3n) is 2.47. The van der Waals surface area contributed by atoms with Crippen molar-refractivity contribution in [2.24, 2.45) is 0 Å². The highest BCUT2D eigenvalue weighted by molar-refractivity contribution is 6.29. The van der Waals surface area contributed by atoms with Gasteiger partial charge in [-0.3, -0.25) is 0 Å². The van der Waals surface area contributed by atoms with Gasteiger partial charge in [0, 0.05) is 31.4 Å². The molecule has 0 aromatic carbocycles. The van der Waals surface area contributed by atoms with Crippen LogP contribution in [0.15, 0.2) is 18.5 Å². The van der Waals surface area contributed by atoms with Crippen LogP contribution in [0.4, 0.5) is 0 Å². The summed E-state index contributed by atoms with van der Waals surface area (Å²) < 4.78 is 2.08. The Balaban J connectivity index is 2.44. The number of imidazole rings is 1. The summed E-state index contributed by atoms with van der Waals surface area (Å²) in [4.78, 5) is 12.9. The third kappa shape index (κ3) is 2.64. The first-order valence-electron chi connectivity index (χ1n) is 5.79. The molecule has 0 atom stereocenters. The highest BCUT2D eigenvalue weighted by atomic mass is 35.5. The van der Waals surface area contributed by atoms with Gasteiger partial charge in [-0.1, -0.05) is 25.4 Å². The van der Waals surface area contributed by atoms with Gasteiger partial charge in [-0.2, -0.15) is 0 Å². The zero-order valence-corrected chi connectivity index (χ0v) is 10.8. The number of rotatable bonds is 4. The first-order chi connectivity index (χ1) is 8.24. The quantitative estimate of drug-likeness (QED) is 0.784. The molecule has 2 heterocycles. The van der Waals surface area contributed by atoms with E-state index in [0.717, 1.165) is 36.7 Å². The zero-order chi connectivity index (χ0) is 12.3. The van der Waals surface area contributed by atoms with E-state index in [2.05, 4.69) is 26.4 Å². The molecule has 90 valence electrons. The highest BCUT2D eigenvalue weighted by Crippen LogP contribution is 2.19. The molecule has 0 aliphatic heterocycles. The molecule has 0 N–H and O–H groups in total. The van der Waals surface area contributed by atoms with Crippen LogP contribution < -0.4 is 0 Å². The van der Waals surface area contributed by atoms with Crippen molar-refractivity contribution in [1.82, 2.24) is 19.5 Å². The van der Waals surface area contributed by atoms with E-state index in [4.69, 9.17) is 11.6 Å². The Kier molecular flexibility index (Phi) is 3.74. The van der Waals surface area contributed by atoms with Crippen LogP contribution in [-0.4, -0.2) is 19.5 Å². The molecule has 0 aliphatic carbocycles. The number of halogens is 1. The second-order valence-corrected chi connectivity index (χ2v) is 4.18. The second kappa shape index (κ2) is 5.27. The lowest BCUT2D eigenvalue weighted by atomic mass is 10.3. The molecule has 0 fully saturated rings. The first-order valence-corrected chi connectivity index (χ1v) is 6.17. The summed E-state index contributed by atoms with van der Waals surface area (Å²) in [6, 6.07) is 1.76. The van der Waals surface area contributed by atoms with E-state index < -0.39 is 0 Å². The van der Waals surface area contributed by atoms with Gasteiger partial charge >= 0.3 is 0 Å². The standard InChI is InChI=1S/C12H15ClN4/c1-3-6-17-7-5-14-12(17)9-8-10(13)16-11(4-2)15-9/h5,7-8H,3-4,6H2,1-2H3. The van der Waals surface area contributed by atoms with Crippen molar-refractivity contribution in [3.05, 3.63) is 29.4 Å². The maximum atomic E-state index is 5.99. The van der Waals surface area contributed by atoms with Gasteiger partial charge in [0.25, 0.3) is 0 Å². The molecular weight excluding hydrogens is 236 g/mol. The molecule has 2 aromatic heterocycles. The van der Waals surface area contributed by atoms with E-state index in [9.17, 15) is 0 Å². The minimum absolute atomic E-state index is 0.470. The number of nitrogens with zero attached hydrogens (tertiary/aromatic N) is 4. The minimum Gasteiger partial charge on any atom is -0.330 e. The molecule has 2 aromatic rings. The topological polar surface area (TPSA) is 43.6 Å². The summed E-state index contributed by atoms with van der Waals surface area (Å²) in [5.41, 5.74) is 0.792. The van der Waals surface area contributed by atoms with Crippen LogP contribution in [0.3, 0.4) is 0 Å². The van der Waals surface area contributed by atoms with Crippen LogP contribution in [0.5, 0.6) is 0 Å². The largest absolute Gasteiger partial charge is 0.330 e. The number of hydrogen-bond acceptors (Lipinski definition) is 3. The molecule has 0 spiro atoms. The Hall–Kier alpha value is -1.42. The van der Waals surface area contributed by atoms with E-state index in [0.29, 0.717) is 5.15 Å². The third-order valence-corrected chi connectivity index (χ3v) is 2.66. The lowest BCUT2D eigenvalue weighted by Gasteiger charge is -2.06. The Morgan fingerprint density at radius 1 is 1.29 bits per heavy atom. The van der Waals surface area contributed by atoms with Crippen LogP contribution in [0.25, 0.3) is 11.5 Å². The predicted molar refractivity (Wildman–Crippen MR) is 67.9 cm³/mol. The van der Waals surface area contributed by atoms with Gasteiger partial charge in [-0.25, -0.2) is 15.0 Å². The molecule has 0 saturated carbocycles. The van der Waals surface area contributed by atoms with Gasteiger partial charge < -0.3 is 4.57 Å². The fourth-order valence-electron chi connectivity index (χ4n) is 1.70.